The van der Waals surface area contributed by atoms with E-state index < -0.39 is 11.7 Å². The third-order valence-electron chi connectivity index (χ3n) is 4.55. The first-order chi connectivity index (χ1) is 15.5. The number of hydrogen-bond donors (Lipinski definition) is 2. The van der Waals surface area contributed by atoms with Crippen molar-refractivity contribution in [2.75, 3.05) is 5.32 Å². The van der Waals surface area contributed by atoms with Gasteiger partial charge >= 0.3 is 0 Å². The summed E-state index contributed by atoms with van der Waals surface area (Å²) in [5.41, 5.74) is 1.71. The highest BCUT2D eigenvalue weighted by molar-refractivity contribution is 6.34. The molecule has 4 rings (SSSR count). The molecule has 2 amide bonds. The molecule has 0 fully saturated rings. The molecule has 160 valence electrons. The van der Waals surface area contributed by atoms with Crippen LogP contribution in [0.1, 0.15) is 26.5 Å². The van der Waals surface area contributed by atoms with Gasteiger partial charge in [0.2, 0.25) is 0 Å². The van der Waals surface area contributed by atoms with Gasteiger partial charge in [-0.3, -0.25) is 14.6 Å². The number of nitrogens with one attached hydrogen (secondary N) is 2. The average Bonchev–Trinajstić information content (AvgIpc) is 3.29. The largest absolute Gasteiger partial charge is 0.346 e. The highest BCUT2D eigenvalue weighted by atomic mass is 35.5. The summed E-state index contributed by atoms with van der Waals surface area (Å²) in [6.07, 6.45) is 3.14. The zero-order chi connectivity index (χ0) is 22.5. The Kier molecular flexibility index (Phi) is 6.23. The fourth-order valence-electron chi connectivity index (χ4n) is 2.96. The van der Waals surface area contributed by atoms with E-state index in [0.29, 0.717) is 5.69 Å². The van der Waals surface area contributed by atoms with E-state index in [0.717, 1.165) is 5.69 Å². The molecule has 32 heavy (non-hydrogen) atoms. The van der Waals surface area contributed by atoms with Crippen molar-refractivity contribution in [2.24, 2.45) is 0 Å². The molecule has 2 N–H and O–H groups in total. The van der Waals surface area contributed by atoms with E-state index in [9.17, 15) is 14.0 Å². The van der Waals surface area contributed by atoms with Crippen molar-refractivity contribution in [3.05, 3.63) is 107 Å². The van der Waals surface area contributed by atoms with E-state index in [1.165, 1.54) is 35.1 Å². The van der Waals surface area contributed by atoms with Crippen LogP contribution in [0.15, 0.2) is 79.1 Å². The summed E-state index contributed by atoms with van der Waals surface area (Å²) >= 11 is 6.25. The molecule has 0 unspecified atom stereocenters. The molecule has 7 nitrogen and oxygen atoms in total. The topological polar surface area (TPSA) is 88.9 Å². The minimum atomic E-state index is -0.497. The molecule has 2 heterocycles. The lowest BCUT2D eigenvalue weighted by molar-refractivity contribution is 0.0950. The summed E-state index contributed by atoms with van der Waals surface area (Å²) in [6, 6.07) is 17.6. The summed E-state index contributed by atoms with van der Waals surface area (Å²) in [5.74, 6) is -1.31. The van der Waals surface area contributed by atoms with Gasteiger partial charge in [-0.1, -0.05) is 29.8 Å². The molecule has 0 spiro atoms. The number of para-hydroxylation sites is 1. The summed E-state index contributed by atoms with van der Waals surface area (Å²) in [4.78, 5) is 29.1. The van der Waals surface area contributed by atoms with Crippen molar-refractivity contribution in [2.45, 2.75) is 6.54 Å². The second-order valence-electron chi connectivity index (χ2n) is 6.75. The maximum Gasteiger partial charge on any atom is 0.276 e. The summed E-state index contributed by atoms with van der Waals surface area (Å²) < 4.78 is 15.2. The lowest BCUT2D eigenvalue weighted by Crippen LogP contribution is -2.23. The van der Waals surface area contributed by atoms with Gasteiger partial charge in [0.1, 0.15) is 11.5 Å². The minimum absolute atomic E-state index is 0.0987. The number of pyridine rings is 1. The number of rotatable bonds is 6. The van der Waals surface area contributed by atoms with Gasteiger partial charge in [-0.25, -0.2) is 9.07 Å². The first-order valence-electron chi connectivity index (χ1n) is 9.61. The van der Waals surface area contributed by atoms with Crippen molar-refractivity contribution in [3.63, 3.8) is 0 Å². The van der Waals surface area contributed by atoms with E-state index in [-0.39, 0.29) is 34.4 Å². The molecular weight excluding hydrogens is 433 g/mol. The Bertz CT molecular complexity index is 1280. The second-order valence-corrected chi connectivity index (χ2v) is 7.16. The van der Waals surface area contributed by atoms with Crippen molar-refractivity contribution >= 4 is 29.1 Å². The molecule has 0 aliphatic rings. The SMILES string of the molecule is O=C(Nc1ccc(C(=O)NCc2ccccn2)c(Cl)c1)c1ccn(-c2ccccc2F)n1. The van der Waals surface area contributed by atoms with Gasteiger partial charge in [-0.15, -0.1) is 0 Å². The molecular formula is C23H17ClFN5O2. The molecule has 0 bridgehead atoms. The second kappa shape index (κ2) is 9.40. The highest BCUT2D eigenvalue weighted by Gasteiger charge is 2.15. The predicted octanol–water partition coefficient (Wildman–Crippen LogP) is 4.24. The van der Waals surface area contributed by atoms with Crippen molar-refractivity contribution in [1.29, 1.82) is 0 Å². The van der Waals surface area contributed by atoms with E-state index >= 15 is 0 Å². The van der Waals surface area contributed by atoms with Crippen LogP contribution in [-0.2, 0) is 6.54 Å². The number of hydrogen-bond acceptors (Lipinski definition) is 4. The number of carbonyl (C=O) groups is 2. The molecule has 0 atom stereocenters. The van der Waals surface area contributed by atoms with E-state index in [2.05, 4.69) is 20.7 Å². The molecule has 0 aliphatic carbocycles. The van der Waals surface area contributed by atoms with E-state index in [1.807, 2.05) is 6.07 Å². The molecule has 0 radical (unpaired) electrons. The number of amides is 2. The molecule has 9 heteroatoms. The zero-order valence-corrected chi connectivity index (χ0v) is 17.4. The monoisotopic (exact) mass is 449 g/mol. The van der Waals surface area contributed by atoms with Gasteiger partial charge in [-0.2, -0.15) is 5.10 Å². The van der Waals surface area contributed by atoms with Gasteiger partial charge in [-0.05, 0) is 48.5 Å². The maximum atomic E-state index is 13.9. The average molecular weight is 450 g/mol. The molecule has 0 saturated carbocycles. The molecule has 0 saturated heterocycles. The molecule has 2 aromatic carbocycles. The maximum absolute atomic E-state index is 13.9. The quantitative estimate of drug-likeness (QED) is 0.460. The Morgan fingerprint density at radius 2 is 1.81 bits per heavy atom. The van der Waals surface area contributed by atoms with E-state index in [1.54, 1.807) is 42.6 Å². The van der Waals surface area contributed by atoms with Gasteiger partial charge in [0.15, 0.2) is 5.69 Å². The number of aromatic nitrogens is 3. The fourth-order valence-corrected chi connectivity index (χ4v) is 3.22. The van der Waals surface area contributed by atoms with Gasteiger partial charge < -0.3 is 10.6 Å². The van der Waals surface area contributed by atoms with Gasteiger partial charge in [0, 0.05) is 18.1 Å². The molecule has 4 aromatic rings. The van der Waals surface area contributed by atoms with Crippen LogP contribution in [0.3, 0.4) is 0 Å². The Balaban J connectivity index is 1.42. The fraction of sp³-hybridized carbons (Fsp3) is 0.0435. The first-order valence-corrected chi connectivity index (χ1v) is 9.98. The van der Waals surface area contributed by atoms with E-state index in [4.69, 9.17) is 11.6 Å². The van der Waals surface area contributed by atoms with Gasteiger partial charge in [0.25, 0.3) is 11.8 Å². The minimum Gasteiger partial charge on any atom is -0.346 e. The third-order valence-corrected chi connectivity index (χ3v) is 4.86. The standard InChI is InChI=1S/C23H17ClFN5O2/c24-18-13-15(8-9-17(18)22(31)27-14-16-5-3-4-11-26-16)28-23(32)20-10-12-30(29-20)21-7-2-1-6-19(21)25/h1-13H,14H2,(H,27,31)(H,28,32). The highest BCUT2D eigenvalue weighted by Crippen LogP contribution is 2.22. The smallest absolute Gasteiger partial charge is 0.276 e. The number of anilines is 1. The normalized spacial score (nSPS) is 10.6. The lowest BCUT2D eigenvalue weighted by atomic mass is 10.2. The van der Waals surface area contributed by atoms with Crippen molar-refractivity contribution in [3.8, 4) is 5.69 Å². The van der Waals surface area contributed by atoms with Crippen LogP contribution in [0.4, 0.5) is 10.1 Å². The summed E-state index contributed by atoms with van der Waals surface area (Å²) in [7, 11) is 0. The number of benzene rings is 2. The summed E-state index contributed by atoms with van der Waals surface area (Å²) in [5, 5.41) is 9.72. The Morgan fingerprint density at radius 3 is 2.56 bits per heavy atom. The van der Waals surface area contributed by atoms with Crippen LogP contribution in [0.5, 0.6) is 0 Å². The molecule has 0 aliphatic heterocycles. The predicted molar refractivity (Wildman–Crippen MR) is 118 cm³/mol. The third kappa shape index (κ3) is 4.81. The first kappa shape index (κ1) is 21.2. The molecule has 2 aromatic heterocycles. The summed E-state index contributed by atoms with van der Waals surface area (Å²) in [6.45, 7) is 0.263. The van der Waals surface area contributed by atoms with Crippen LogP contribution < -0.4 is 10.6 Å². The van der Waals surface area contributed by atoms with Crippen molar-refractivity contribution < 1.29 is 14.0 Å². The van der Waals surface area contributed by atoms with Crippen LogP contribution in [0, 0.1) is 5.82 Å². The zero-order valence-electron chi connectivity index (χ0n) is 16.6. The van der Waals surface area contributed by atoms with Crippen molar-refractivity contribution in [1.82, 2.24) is 20.1 Å². The van der Waals surface area contributed by atoms with Crippen LogP contribution in [0.2, 0.25) is 5.02 Å². The Hall–Kier alpha value is -4.04. The number of halogens is 2. The number of nitrogens with zero attached hydrogens (tertiary/aromatic N) is 3. The lowest BCUT2D eigenvalue weighted by Gasteiger charge is -2.09. The van der Waals surface area contributed by atoms with Crippen LogP contribution in [0.25, 0.3) is 5.69 Å². The number of carbonyl (C=O) groups excluding carboxylic acids is 2. The van der Waals surface area contributed by atoms with Crippen LogP contribution in [-0.4, -0.2) is 26.6 Å². The Labute approximate surface area is 187 Å². The Morgan fingerprint density at radius 1 is 1.00 bits per heavy atom. The van der Waals surface area contributed by atoms with Gasteiger partial charge in [0.05, 0.1) is 22.8 Å². The van der Waals surface area contributed by atoms with Crippen LogP contribution >= 0.6 is 11.6 Å².